The SMILES string of the molecule is CCN(CC)C/C=C(/C)O[Si](C)(C)C. The third kappa shape index (κ3) is 7.15. The van der Waals surface area contributed by atoms with E-state index in [1.165, 1.54) is 0 Å². The lowest BCUT2D eigenvalue weighted by atomic mass is 10.4. The second-order valence-corrected chi connectivity index (χ2v) is 8.94. The molecule has 0 aromatic carbocycles. The largest absolute Gasteiger partial charge is 0.548 e. The van der Waals surface area contributed by atoms with Gasteiger partial charge < -0.3 is 9.33 Å². The van der Waals surface area contributed by atoms with Gasteiger partial charge in [-0.15, -0.1) is 0 Å². The zero-order valence-electron chi connectivity index (χ0n) is 10.6. The van der Waals surface area contributed by atoms with E-state index >= 15 is 0 Å². The summed E-state index contributed by atoms with van der Waals surface area (Å²) in [6, 6.07) is 0. The normalized spacial score (nSPS) is 13.5. The quantitative estimate of drug-likeness (QED) is 0.499. The fourth-order valence-corrected chi connectivity index (χ4v) is 2.31. The summed E-state index contributed by atoms with van der Waals surface area (Å²) in [5, 5.41) is 0. The molecule has 0 amide bonds. The molecule has 84 valence electrons. The van der Waals surface area contributed by atoms with E-state index in [4.69, 9.17) is 4.43 Å². The molecule has 0 aromatic heterocycles. The van der Waals surface area contributed by atoms with E-state index in [0.717, 1.165) is 25.4 Å². The average Bonchev–Trinajstić information content (AvgIpc) is 2.03. The van der Waals surface area contributed by atoms with Crippen LogP contribution in [-0.4, -0.2) is 32.9 Å². The van der Waals surface area contributed by atoms with E-state index in [0.29, 0.717) is 0 Å². The Bertz CT molecular complexity index is 180. The lowest BCUT2D eigenvalue weighted by Crippen LogP contribution is -2.26. The van der Waals surface area contributed by atoms with E-state index in [2.05, 4.69) is 51.4 Å². The molecular weight excluding hydrogens is 190 g/mol. The highest BCUT2D eigenvalue weighted by Gasteiger charge is 2.15. The van der Waals surface area contributed by atoms with Crippen LogP contribution in [0.25, 0.3) is 0 Å². The van der Waals surface area contributed by atoms with Gasteiger partial charge in [-0.3, -0.25) is 0 Å². The van der Waals surface area contributed by atoms with Crippen molar-refractivity contribution in [2.75, 3.05) is 19.6 Å². The molecule has 3 heteroatoms. The standard InChI is InChI=1S/C11H25NOSi/c1-7-12(8-2)10-9-11(3)13-14(4,5)6/h9H,7-8,10H2,1-6H3/b11-9-. The Morgan fingerprint density at radius 2 is 1.71 bits per heavy atom. The molecule has 0 heterocycles. The Morgan fingerprint density at radius 3 is 2.07 bits per heavy atom. The molecule has 0 rings (SSSR count). The molecular formula is C11H25NOSi. The van der Waals surface area contributed by atoms with Gasteiger partial charge in [0.25, 0.3) is 0 Å². The fourth-order valence-electron chi connectivity index (χ4n) is 1.26. The summed E-state index contributed by atoms with van der Waals surface area (Å²) in [4.78, 5) is 2.37. The van der Waals surface area contributed by atoms with Crippen LogP contribution in [0.15, 0.2) is 11.8 Å². The second kappa shape index (κ2) is 6.25. The Morgan fingerprint density at radius 1 is 1.21 bits per heavy atom. The summed E-state index contributed by atoms with van der Waals surface area (Å²) < 4.78 is 5.85. The molecule has 0 N–H and O–H groups in total. The number of allylic oxidation sites excluding steroid dienone is 1. The van der Waals surface area contributed by atoms with E-state index in [9.17, 15) is 0 Å². The lowest BCUT2D eigenvalue weighted by Gasteiger charge is -2.21. The van der Waals surface area contributed by atoms with Gasteiger partial charge in [-0.2, -0.15) is 0 Å². The van der Waals surface area contributed by atoms with Crippen molar-refractivity contribution in [1.82, 2.24) is 4.90 Å². The minimum atomic E-state index is -1.40. The minimum Gasteiger partial charge on any atom is -0.548 e. The van der Waals surface area contributed by atoms with Crippen molar-refractivity contribution in [2.24, 2.45) is 0 Å². The van der Waals surface area contributed by atoms with Crippen LogP contribution >= 0.6 is 0 Å². The summed E-state index contributed by atoms with van der Waals surface area (Å²) in [5.41, 5.74) is 0. The summed E-state index contributed by atoms with van der Waals surface area (Å²) in [5.74, 6) is 1.08. The molecule has 0 radical (unpaired) electrons. The van der Waals surface area contributed by atoms with Crippen LogP contribution in [0.5, 0.6) is 0 Å². The first-order chi connectivity index (χ1) is 6.39. The van der Waals surface area contributed by atoms with Gasteiger partial charge in [-0.05, 0) is 45.7 Å². The Hall–Kier alpha value is -0.283. The molecule has 2 nitrogen and oxygen atoms in total. The predicted molar refractivity (Wildman–Crippen MR) is 66.0 cm³/mol. The molecule has 14 heavy (non-hydrogen) atoms. The smallest absolute Gasteiger partial charge is 0.241 e. The molecule has 0 aliphatic rings. The summed E-state index contributed by atoms with van der Waals surface area (Å²) in [6.45, 7) is 16.3. The number of likely N-dealkylation sites (N-methyl/N-ethyl adjacent to an activating group) is 1. The molecule has 0 fully saturated rings. The van der Waals surface area contributed by atoms with Crippen LogP contribution < -0.4 is 0 Å². The molecule has 0 saturated heterocycles. The highest BCUT2D eigenvalue weighted by atomic mass is 28.4. The van der Waals surface area contributed by atoms with Crippen LogP contribution in [0.1, 0.15) is 20.8 Å². The Kier molecular flexibility index (Phi) is 6.12. The maximum absolute atomic E-state index is 5.85. The van der Waals surface area contributed by atoms with Gasteiger partial charge in [-0.1, -0.05) is 13.8 Å². The Balaban J connectivity index is 3.99. The van der Waals surface area contributed by atoms with E-state index < -0.39 is 8.32 Å². The summed E-state index contributed by atoms with van der Waals surface area (Å²) in [7, 11) is -1.40. The number of rotatable bonds is 6. The van der Waals surface area contributed by atoms with Gasteiger partial charge in [0.15, 0.2) is 0 Å². The van der Waals surface area contributed by atoms with Gasteiger partial charge >= 0.3 is 0 Å². The van der Waals surface area contributed by atoms with Gasteiger partial charge in [0.05, 0.1) is 5.76 Å². The molecule has 0 aliphatic carbocycles. The second-order valence-electron chi connectivity index (χ2n) is 4.52. The zero-order valence-corrected chi connectivity index (χ0v) is 11.6. The monoisotopic (exact) mass is 215 g/mol. The molecule has 0 aliphatic heterocycles. The first-order valence-corrected chi connectivity index (χ1v) is 8.88. The van der Waals surface area contributed by atoms with E-state index in [-0.39, 0.29) is 0 Å². The van der Waals surface area contributed by atoms with Crippen molar-refractivity contribution >= 4 is 8.32 Å². The average molecular weight is 215 g/mol. The maximum atomic E-state index is 5.85. The summed E-state index contributed by atoms with van der Waals surface area (Å²) >= 11 is 0. The Labute approximate surface area is 90.1 Å². The number of hydrogen-bond acceptors (Lipinski definition) is 2. The van der Waals surface area contributed by atoms with Crippen molar-refractivity contribution in [1.29, 1.82) is 0 Å². The van der Waals surface area contributed by atoms with Gasteiger partial charge in [0.1, 0.15) is 0 Å². The fraction of sp³-hybridized carbons (Fsp3) is 0.818. The topological polar surface area (TPSA) is 12.5 Å². The lowest BCUT2D eigenvalue weighted by molar-refractivity contribution is 0.330. The molecule has 0 unspecified atom stereocenters. The maximum Gasteiger partial charge on any atom is 0.241 e. The van der Waals surface area contributed by atoms with Crippen LogP contribution in [0.3, 0.4) is 0 Å². The van der Waals surface area contributed by atoms with Gasteiger partial charge in [0.2, 0.25) is 8.32 Å². The van der Waals surface area contributed by atoms with E-state index in [1.807, 2.05) is 0 Å². The highest BCUT2D eigenvalue weighted by Crippen LogP contribution is 2.09. The van der Waals surface area contributed by atoms with Gasteiger partial charge in [0, 0.05) is 6.54 Å². The molecule has 0 saturated carbocycles. The summed E-state index contributed by atoms with van der Waals surface area (Å²) in [6.07, 6.45) is 2.19. The first-order valence-electron chi connectivity index (χ1n) is 5.47. The van der Waals surface area contributed by atoms with Crippen molar-refractivity contribution in [3.8, 4) is 0 Å². The third-order valence-electron chi connectivity index (χ3n) is 2.00. The predicted octanol–water partition coefficient (Wildman–Crippen LogP) is 3.08. The third-order valence-corrected chi connectivity index (χ3v) is 2.93. The van der Waals surface area contributed by atoms with Gasteiger partial charge in [-0.25, -0.2) is 0 Å². The number of hydrogen-bond donors (Lipinski definition) is 0. The molecule has 0 aromatic rings. The van der Waals surface area contributed by atoms with Crippen LogP contribution in [0.4, 0.5) is 0 Å². The molecule has 0 bridgehead atoms. The number of nitrogens with zero attached hydrogens (tertiary/aromatic N) is 1. The molecule has 0 atom stereocenters. The van der Waals surface area contributed by atoms with Crippen LogP contribution in [-0.2, 0) is 4.43 Å². The van der Waals surface area contributed by atoms with Crippen molar-refractivity contribution in [2.45, 2.75) is 40.4 Å². The minimum absolute atomic E-state index is 1.00. The van der Waals surface area contributed by atoms with Crippen molar-refractivity contribution < 1.29 is 4.43 Å². The highest BCUT2D eigenvalue weighted by molar-refractivity contribution is 6.70. The first kappa shape index (κ1) is 13.7. The van der Waals surface area contributed by atoms with Crippen molar-refractivity contribution in [3.05, 3.63) is 11.8 Å². The zero-order chi connectivity index (χ0) is 11.2. The van der Waals surface area contributed by atoms with Crippen LogP contribution in [0, 0.1) is 0 Å². The van der Waals surface area contributed by atoms with Crippen molar-refractivity contribution in [3.63, 3.8) is 0 Å². The van der Waals surface area contributed by atoms with Crippen LogP contribution in [0.2, 0.25) is 19.6 Å². The molecule has 0 spiro atoms. The van der Waals surface area contributed by atoms with E-state index in [1.54, 1.807) is 0 Å².